The Balaban J connectivity index is 1.66. The molecule has 2 atom stereocenters. The van der Waals surface area contributed by atoms with E-state index in [-0.39, 0.29) is 5.92 Å². The van der Waals surface area contributed by atoms with E-state index < -0.39 is 0 Å². The normalized spacial score (nSPS) is 22.1. The van der Waals surface area contributed by atoms with E-state index in [2.05, 4.69) is 47.6 Å². The molecule has 1 saturated carbocycles. The minimum absolute atomic E-state index is 0.229. The van der Waals surface area contributed by atoms with Gasteiger partial charge in [-0.2, -0.15) is 5.26 Å². The van der Waals surface area contributed by atoms with Crippen LogP contribution in [0.15, 0.2) is 30.3 Å². The number of hydrogen-bond donors (Lipinski definition) is 1. The topological polar surface area (TPSA) is 39.1 Å². The molecule has 2 unspecified atom stereocenters. The Labute approximate surface area is 116 Å². The summed E-state index contributed by atoms with van der Waals surface area (Å²) in [6.45, 7) is 2.04. The van der Waals surface area contributed by atoms with E-state index in [0.717, 1.165) is 32.4 Å². The lowest BCUT2D eigenvalue weighted by atomic mass is 10.1. The Kier molecular flexibility index (Phi) is 5.23. The molecule has 1 aliphatic carbocycles. The van der Waals surface area contributed by atoms with E-state index in [1.54, 1.807) is 0 Å². The van der Waals surface area contributed by atoms with Crippen molar-refractivity contribution >= 4 is 5.69 Å². The third-order valence-corrected chi connectivity index (χ3v) is 3.96. The van der Waals surface area contributed by atoms with Gasteiger partial charge in [-0.25, -0.2) is 0 Å². The highest BCUT2D eigenvalue weighted by atomic mass is 15.1. The molecule has 0 spiro atoms. The SMILES string of the molecule is CN(CCCNC1CCCC1C#N)c1ccccc1. The number of benzene rings is 1. The molecule has 19 heavy (non-hydrogen) atoms. The van der Waals surface area contributed by atoms with Crippen LogP contribution in [0.2, 0.25) is 0 Å². The second-order valence-electron chi connectivity index (χ2n) is 5.34. The summed E-state index contributed by atoms with van der Waals surface area (Å²) in [6.07, 6.45) is 4.53. The molecule has 0 radical (unpaired) electrons. The molecule has 0 heterocycles. The first-order valence-electron chi connectivity index (χ1n) is 7.20. The summed E-state index contributed by atoms with van der Waals surface area (Å²) in [5.41, 5.74) is 1.26. The standard InChI is InChI=1S/C16H23N3/c1-19(15-8-3-2-4-9-15)12-6-11-18-16-10-5-7-14(16)13-17/h2-4,8-9,14,16,18H,5-7,10-12H2,1H3. The van der Waals surface area contributed by atoms with Gasteiger partial charge in [0.15, 0.2) is 0 Å². The fraction of sp³-hybridized carbons (Fsp3) is 0.562. The maximum absolute atomic E-state index is 9.03. The van der Waals surface area contributed by atoms with Gasteiger partial charge < -0.3 is 10.2 Å². The van der Waals surface area contributed by atoms with Crippen LogP contribution in [0.25, 0.3) is 0 Å². The number of nitrogens with one attached hydrogen (secondary N) is 1. The zero-order chi connectivity index (χ0) is 13.5. The lowest BCUT2D eigenvalue weighted by Gasteiger charge is -2.20. The van der Waals surface area contributed by atoms with Crippen molar-refractivity contribution < 1.29 is 0 Å². The molecule has 1 N–H and O–H groups in total. The van der Waals surface area contributed by atoms with E-state index in [9.17, 15) is 0 Å². The first-order valence-corrected chi connectivity index (χ1v) is 7.20. The van der Waals surface area contributed by atoms with Crippen LogP contribution in [0.4, 0.5) is 5.69 Å². The van der Waals surface area contributed by atoms with Crippen molar-refractivity contribution in [1.82, 2.24) is 5.32 Å². The smallest absolute Gasteiger partial charge is 0.0672 e. The third kappa shape index (κ3) is 3.97. The lowest BCUT2D eigenvalue weighted by Crippen LogP contribution is -2.34. The van der Waals surface area contributed by atoms with Gasteiger partial charge in [-0.1, -0.05) is 24.6 Å². The molecule has 0 bridgehead atoms. The van der Waals surface area contributed by atoms with Crippen LogP contribution in [0, 0.1) is 17.2 Å². The quantitative estimate of drug-likeness (QED) is 0.796. The predicted octanol–water partition coefficient (Wildman–Crippen LogP) is 2.79. The maximum atomic E-state index is 9.03. The molecule has 1 fully saturated rings. The van der Waals surface area contributed by atoms with E-state index in [1.807, 2.05) is 6.07 Å². The van der Waals surface area contributed by atoms with E-state index in [4.69, 9.17) is 5.26 Å². The van der Waals surface area contributed by atoms with Gasteiger partial charge in [0.2, 0.25) is 0 Å². The summed E-state index contributed by atoms with van der Waals surface area (Å²) < 4.78 is 0. The van der Waals surface area contributed by atoms with Crippen molar-refractivity contribution in [2.24, 2.45) is 5.92 Å². The number of rotatable bonds is 6. The van der Waals surface area contributed by atoms with Crippen LogP contribution in [-0.2, 0) is 0 Å². The second-order valence-corrected chi connectivity index (χ2v) is 5.34. The van der Waals surface area contributed by atoms with Gasteiger partial charge in [-0.15, -0.1) is 0 Å². The summed E-state index contributed by atoms with van der Waals surface area (Å²) in [4.78, 5) is 2.28. The summed E-state index contributed by atoms with van der Waals surface area (Å²) in [7, 11) is 2.13. The van der Waals surface area contributed by atoms with E-state index in [1.165, 1.54) is 12.1 Å². The highest BCUT2D eigenvalue weighted by Gasteiger charge is 2.26. The van der Waals surface area contributed by atoms with Crippen LogP contribution in [-0.4, -0.2) is 26.2 Å². The highest BCUT2D eigenvalue weighted by Crippen LogP contribution is 2.24. The van der Waals surface area contributed by atoms with Crippen LogP contribution in [0.5, 0.6) is 0 Å². The monoisotopic (exact) mass is 257 g/mol. The van der Waals surface area contributed by atoms with E-state index in [0.29, 0.717) is 6.04 Å². The fourth-order valence-corrected chi connectivity index (χ4v) is 2.77. The predicted molar refractivity (Wildman–Crippen MR) is 79.1 cm³/mol. The molecule has 3 nitrogen and oxygen atoms in total. The third-order valence-electron chi connectivity index (χ3n) is 3.96. The van der Waals surface area contributed by atoms with Crippen LogP contribution in [0.3, 0.4) is 0 Å². The molecule has 0 aromatic heterocycles. The van der Waals surface area contributed by atoms with Crippen LogP contribution >= 0.6 is 0 Å². The molecule has 1 aromatic carbocycles. The molecule has 1 aliphatic rings. The van der Waals surface area contributed by atoms with Crippen LogP contribution < -0.4 is 10.2 Å². The van der Waals surface area contributed by atoms with E-state index >= 15 is 0 Å². The summed E-state index contributed by atoms with van der Waals surface area (Å²) in [6, 6.07) is 13.3. The Hall–Kier alpha value is -1.53. The average Bonchev–Trinajstić information content (AvgIpc) is 2.91. The lowest BCUT2D eigenvalue weighted by molar-refractivity contribution is 0.461. The van der Waals surface area contributed by atoms with Crippen molar-refractivity contribution in [1.29, 1.82) is 5.26 Å². The van der Waals surface area contributed by atoms with Crippen LogP contribution in [0.1, 0.15) is 25.7 Å². The van der Waals surface area contributed by atoms with Gasteiger partial charge in [0.05, 0.1) is 12.0 Å². The zero-order valence-corrected chi connectivity index (χ0v) is 11.7. The molecule has 1 aromatic rings. The molecule has 0 amide bonds. The fourth-order valence-electron chi connectivity index (χ4n) is 2.77. The molecule has 0 aliphatic heterocycles. The first kappa shape index (κ1) is 13.9. The van der Waals surface area contributed by atoms with Crippen molar-refractivity contribution in [2.75, 3.05) is 25.0 Å². The van der Waals surface area contributed by atoms with Gasteiger partial charge in [-0.05, 0) is 37.9 Å². The van der Waals surface area contributed by atoms with Gasteiger partial charge in [-0.3, -0.25) is 0 Å². The second kappa shape index (κ2) is 7.16. The summed E-state index contributed by atoms with van der Waals surface area (Å²) in [5.74, 6) is 0.229. The Morgan fingerprint density at radius 3 is 2.84 bits per heavy atom. The number of hydrogen-bond acceptors (Lipinski definition) is 3. The molecule has 2 rings (SSSR count). The molecule has 102 valence electrons. The van der Waals surface area contributed by atoms with Crippen molar-refractivity contribution in [2.45, 2.75) is 31.7 Å². The highest BCUT2D eigenvalue weighted by molar-refractivity contribution is 5.44. The Morgan fingerprint density at radius 1 is 1.32 bits per heavy atom. The number of nitrogens with zero attached hydrogens (tertiary/aromatic N) is 2. The number of nitriles is 1. The van der Waals surface area contributed by atoms with Crippen molar-refractivity contribution in [3.05, 3.63) is 30.3 Å². The Morgan fingerprint density at radius 2 is 2.11 bits per heavy atom. The zero-order valence-electron chi connectivity index (χ0n) is 11.7. The summed E-state index contributed by atoms with van der Waals surface area (Å²) in [5, 5.41) is 12.6. The molecular formula is C16H23N3. The molecule has 0 saturated heterocycles. The minimum atomic E-state index is 0.229. The van der Waals surface area contributed by atoms with Crippen molar-refractivity contribution in [3.63, 3.8) is 0 Å². The molecular weight excluding hydrogens is 234 g/mol. The largest absolute Gasteiger partial charge is 0.375 e. The Bertz CT molecular complexity index is 410. The number of anilines is 1. The average molecular weight is 257 g/mol. The summed E-state index contributed by atoms with van der Waals surface area (Å²) >= 11 is 0. The van der Waals surface area contributed by atoms with Crippen molar-refractivity contribution in [3.8, 4) is 6.07 Å². The van der Waals surface area contributed by atoms with Gasteiger partial charge in [0.1, 0.15) is 0 Å². The van der Waals surface area contributed by atoms with Gasteiger partial charge in [0.25, 0.3) is 0 Å². The minimum Gasteiger partial charge on any atom is -0.375 e. The number of para-hydroxylation sites is 1. The molecule has 3 heteroatoms. The van der Waals surface area contributed by atoms with Gasteiger partial charge >= 0.3 is 0 Å². The van der Waals surface area contributed by atoms with Gasteiger partial charge in [0, 0.05) is 25.3 Å². The maximum Gasteiger partial charge on any atom is 0.0672 e. The first-order chi connectivity index (χ1) is 9.31.